The molecule has 1 atom stereocenters. The molecule has 2 aliphatic rings. The van der Waals surface area contributed by atoms with Crippen LogP contribution in [0.2, 0.25) is 0 Å². The van der Waals surface area contributed by atoms with E-state index in [1.54, 1.807) is 4.90 Å². The number of amides is 3. The monoisotopic (exact) mass is 543 g/mol. The quantitative estimate of drug-likeness (QED) is 0.448. The lowest BCUT2D eigenvalue weighted by molar-refractivity contribution is -0.132. The van der Waals surface area contributed by atoms with Crippen LogP contribution < -0.4 is 10.6 Å². The SMILES string of the molecule is CC(=O)N[C@](CCOC(=O)N(Cc1ccccc1)C1CCCC1)(B1OC(C)(C)C(C)(C)O1)C(=O)NC(C)(C)C. The van der Waals surface area contributed by atoms with Crippen molar-refractivity contribution in [3.63, 3.8) is 0 Å². The highest BCUT2D eigenvalue weighted by Gasteiger charge is 2.63. The minimum Gasteiger partial charge on any atom is -0.449 e. The fraction of sp³-hybridized carbons (Fsp3) is 0.690. The topological polar surface area (TPSA) is 106 Å². The Morgan fingerprint density at radius 3 is 2.08 bits per heavy atom. The molecule has 2 fully saturated rings. The van der Waals surface area contributed by atoms with Crippen molar-refractivity contribution >= 4 is 25.0 Å². The highest BCUT2D eigenvalue weighted by molar-refractivity contribution is 6.56. The van der Waals surface area contributed by atoms with Gasteiger partial charge in [0.2, 0.25) is 11.8 Å². The Bertz CT molecular complexity index is 1000. The standard InChI is InChI=1S/C29H46BN3O6/c1-21(34)31-29(24(35)32-26(2,3)4,30-38-27(5,6)28(7,8)39-30)18-19-37-25(36)33(23-16-12-13-17-23)20-22-14-10-9-11-15-22/h9-11,14-15,23H,12-13,16-20H2,1-8H3,(H,31,34)(H,32,35)/t29-/m0/s1. The van der Waals surface area contributed by atoms with Crippen LogP contribution in [0.4, 0.5) is 4.79 Å². The molecule has 1 aromatic rings. The summed E-state index contributed by atoms with van der Waals surface area (Å²) in [5.41, 5.74) is -2.67. The second-order valence-corrected chi connectivity index (χ2v) is 12.9. The molecule has 2 N–H and O–H groups in total. The normalized spacial score (nSPS) is 20.3. The van der Waals surface area contributed by atoms with Crippen LogP contribution in [0.3, 0.4) is 0 Å². The smallest absolute Gasteiger partial charge is 0.449 e. The first-order valence-corrected chi connectivity index (χ1v) is 14.0. The molecule has 0 spiro atoms. The van der Waals surface area contributed by atoms with E-state index in [0.717, 1.165) is 31.2 Å². The molecule has 1 aliphatic heterocycles. The van der Waals surface area contributed by atoms with E-state index in [0.29, 0.717) is 6.54 Å². The highest BCUT2D eigenvalue weighted by atomic mass is 16.7. The molecule has 1 aromatic carbocycles. The van der Waals surface area contributed by atoms with Crippen molar-refractivity contribution in [2.24, 2.45) is 0 Å². The number of carbonyl (C=O) groups excluding carboxylic acids is 3. The van der Waals surface area contributed by atoms with Gasteiger partial charge in [0.1, 0.15) is 0 Å². The Kier molecular flexibility index (Phi) is 9.43. The van der Waals surface area contributed by atoms with Gasteiger partial charge in [-0.15, -0.1) is 0 Å². The lowest BCUT2D eigenvalue weighted by atomic mass is 9.61. The van der Waals surface area contributed by atoms with Gasteiger partial charge in [-0.25, -0.2) is 4.79 Å². The number of nitrogens with zero attached hydrogens (tertiary/aromatic N) is 1. The summed E-state index contributed by atoms with van der Waals surface area (Å²) in [5, 5.41) is 5.80. The summed E-state index contributed by atoms with van der Waals surface area (Å²) in [4.78, 5) is 41.5. The summed E-state index contributed by atoms with van der Waals surface area (Å²) < 4.78 is 18.4. The Morgan fingerprint density at radius 1 is 1.00 bits per heavy atom. The molecule has 39 heavy (non-hydrogen) atoms. The van der Waals surface area contributed by atoms with Gasteiger partial charge < -0.3 is 29.6 Å². The number of carbonyl (C=O) groups is 3. The number of rotatable bonds is 9. The van der Waals surface area contributed by atoms with Gasteiger partial charge in [0.05, 0.1) is 17.8 Å². The number of benzene rings is 1. The van der Waals surface area contributed by atoms with Crippen LogP contribution in [0.25, 0.3) is 0 Å². The average Bonchev–Trinajstić information content (AvgIpc) is 3.41. The van der Waals surface area contributed by atoms with Crippen molar-refractivity contribution in [3.05, 3.63) is 35.9 Å². The Hall–Kier alpha value is -2.59. The third-order valence-electron chi connectivity index (χ3n) is 7.87. The molecule has 0 unspecified atom stereocenters. The van der Waals surface area contributed by atoms with Crippen LogP contribution in [0.15, 0.2) is 30.3 Å². The maximum Gasteiger partial charge on any atom is 0.495 e. The summed E-state index contributed by atoms with van der Waals surface area (Å²) in [5.74, 6) is -0.881. The van der Waals surface area contributed by atoms with E-state index >= 15 is 0 Å². The zero-order valence-electron chi connectivity index (χ0n) is 24.9. The number of hydrogen-bond acceptors (Lipinski definition) is 6. The molecule has 1 saturated carbocycles. The van der Waals surface area contributed by atoms with Crippen molar-refractivity contribution < 1.29 is 28.4 Å². The van der Waals surface area contributed by atoms with Gasteiger partial charge in [0, 0.05) is 31.5 Å². The van der Waals surface area contributed by atoms with E-state index in [1.807, 2.05) is 78.8 Å². The van der Waals surface area contributed by atoms with Gasteiger partial charge in [-0.3, -0.25) is 9.59 Å². The summed E-state index contributed by atoms with van der Waals surface area (Å²) >= 11 is 0. The summed E-state index contributed by atoms with van der Waals surface area (Å²) in [6.45, 7) is 14.8. The van der Waals surface area contributed by atoms with E-state index in [-0.39, 0.29) is 19.1 Å². The minimum absolute atomic E-state index is 0.0269. The first-order chi connectivity index (χ1) is 18.1. The second-order valence-electron chi connectivity index (χ2n) is 12.9. The molecule has 10 heteroatoms. The number of hydrogen-bond donors (Lipinski definition) is 2. The van der Waals surface area contributed by atoms with E-state index in [9.17, 15) is 14.4 Å². The first-order valence-electron chi connectivity index (χ1n) is 14.0. The zero-order chi connectivity index (χ0) is 29.1. The molecular formula is C29H46BN3O6. The zero-order valence-corrected chi connectivity index (χ0v) is 24.9. The first kappa shape index (κ1) is 30.9. The van der Waals surface area contributed by atoms with E-state index in [4.69, 9.17) is 14.0 Å². The lowest BCUT2D eigenvalue weighted by Crippen LogP contribution is -2.70. The second kappa shape index (κ2) is 11.9. The van der Waals surface area contributed by atoms with Crippen molar-refractivity contribution in [2.45, 2.75) is 122 Å². The average molecular weight is 544 g/mol. The van der Waals surface area contributed by atoms with Crippen molar-refractivity contribution in [2.75, 3.05) is 6.61 Å². The van der Waals surface area contributed by atoms with Crippen LogP contribution >= 0.6 is 0 Å². The van der Waals surface area contributed by atoms with E-state index in [2.05, 4.69) is 10.6 Å². The van der Waals surface area contributed by atoms with Crippen LogP contribution in [0.5, 0.6) is 0 Å². The molecule has 1 saturated heterocycles. The number of ether oxygens (including phenoxy) is 1. The fourth-order valence-electron chi connectivity index (χ4n) is 5.05. The molecule has 3 rings (SSSR count). The van der Waals surface area contributed by atoms with Gasteiger partial charge in [0.15, 0.2) is 5.44 Å². The molecule has 0 radical (unpaired) electrons. The highest BCUT2D eigenvalue weighted by Crippen LogP contribution is 2.41. The largest absolute Gasteiger partial charge is 0.495 e. The Labute approximate surface area is 233 Å². The van der Waals surface area contributed by atoms with E-state index in [1.165, 1.54) is 6.92 Å². The maximum atomic E-state index is 13.8. The van der Waals surface area contributed by atoms with Gasteiger partial charge >= 0.3 is 13.2 Å². The van der Waals surface area contributed by atoms with Gasteiger partial charge in [-0.2, -0.15) is 0 Å². The lowest BCUT2D eigenvalue weighted by Gasteiger charge is -2.37. The van der Waals surface area contributed by atoms with Crippen LogP contribution in [-0.2, 0) is 30.2 Å². The molecule has 3 amide bonds. The Morgan fingerprint density at radius 2 is 1.56 bits per heavy atom. The molecule has 9 nitrogen and oxygen atoms in total. The van der Waals surface area contributed by atoms with Crippen LogP contribution in [0, 0.1) is 0 Å². The molecule has 0 bridgehead atoms. The van der Waals surface area contributed by atoms with E-state index < -0.39 is 47.2 Å². The van der Waals surface area contributed by atoms with Gasteiger partial charge in [0.25, 0.3) is 0 Å². The van der Waals surface area contributed by atoms with Crippen LogP contribution in [0.1, 0.15) is 93.1 Å². The van der Waals surface area contributed by atoms with Crippen molar-refractivity contribution in [3.8, 4) is 0 Å². The van der Waals surface area contributed by atoms with Gasteiger partial charge in [-0.1, -0.05) is 43.2 Å². The van der Waals surface area contributed by atoms with Gasteiger partial charge in [-0.05, 0) is 66.9 Å². The molecule has 216 valence electrons. The predicted molar refractivity (Wildman–Crippen MR) is 151 cm³/mol. The summed E-state index contributed by atoms with van der Waals surface area (Å²) in [7, 11) is -1.09. The molecular weight excluding hydrogens is 497 g/mol. The van der Waals surface area contributed by atoms with Crippen LogP contribution in [-0.4, -0.2) is 64.8 Å². The molecule has 1 aliphatic carbocycles. The third-order valence-corrected chi connectivity index (χ3v) is 7.87. The van der Waals surface area contributed by atoms with Crippen molar-refractivity contribution in [1.29, 1.82) is 0 Å². The van der Waals surface area contributed by atoms with Crippen molar-refractivity contribution in [1.82, 2.24) is 15.5 Å². The predicted octanol–water partition coefficient (Wildman–Crippen LogP) is 4.38. The molecule has 0 aromatic heterocycles. The number of nitrogens with one attached hydrogen (secondary N) is 2. The summed E-state index contributed by atoms with van der Waals surface area (Å²) in [6.07, 6.45) is 3.54. The Balaban J connectivity index is 1.85. The maximum absolute atomic E-state index is 13.8. The summed E-state index contributed by atoms with van der Waals surface area (Å²) in [6, 6.07) is 9.94. The minimum atomic E-state index is -1.62. The third kappa shape index (κ3) is 7.54. The fourth-order valence-corrected chi connectivity index (χ4v) is 5.05. The molecule has 1 heterocycles.